The highest BCUT2D eigenvalue weighted by molar-refractivity contribution is 5.88. The molecule has 0 aliphatic carbocycles. The summed E-state index contributed by atoms with van der Waals surface area (Å²) in [5.74, 6) is -0.486. The summed E-state index contributed by atoms with van der Waals surface area (Å²) < 4.78 is 15.2. The first-order chi connectivity index (χ1) is 12.0. The minimum Gasteiger partial charge on any atom is -0.497 e. The van der Waals surface area contributed by atoms with Crippen molar-refractivity contribution >= 4 is 17.8 Å². The van der Waals surface area contributed by atoms with Crippen LogP contribution in [0, 0.1) is 0 Å². The third kappa shape index (κ3) is 5.37. The van der Waals surface area contributed by atoms with Gasteiger partial charge in [0.2, 0.25) is 5.91 Å². The average molecular weight is 350 g/mol. The topological polar surface area (TPSA) is 108 Å². The zero-order valence-corrected chi connectivity index (χ0v) is 14.1. The van der Waals surface area contributed by atoms with Crippen molar-refractivity contribution in [3.05, 3.63) is 24.3 Å². The van der Waals surface area contributed by atoms with Gasteiger partial charge in [-0.2, -0.15) is 0 Å². The minimum atomic E-state index is -0.670. The monoisotopic (exact) mass is 350 g/mol. The molecule has 0 spiro atoms. The van der Waals surface area contributed by atoms with Crippen molar-refractivity contribution in [2.75, 3.05) is 26.9 Å². The van der Waals surface area contributed by atoms with Gasteiger partial charge in [0.25, 0.3) is 5.91 Å². The Morgan fingerprint density at radius 2 is 1.80 bits per heavy atom. The number of nitrogens with two attached hydrogens (primary N) is 1. The fourth-order valence-corrected chi connectivity index (χ4v) is 2.61. The van der Waals surface area contributed by atoms with E-state index in [2.05, 4.69) is 0 Å². The van der Waals surface area contributed by atoms with Crippen LogP contribution in [0.3, 0.4) is 0 Å². The molecule has 1 heterocycles. The zero-order valence-electron chi connectivity index (χ0n) is 14.1. The van der Waals surface area contributed by atoms with Gasteiger partial charge in [-0.15, -0.1) is 0 Å². The number of rotatable bonds is 7. The van der Waals surface area contributed by atoms with Crippen LogP contribution in [0.5, 0.6) is 11.5 Å². The Morgan fingerprint density at radius 1 is 1.12 bits per heavy atom. The summed E-state index contributed by atoms with van der Waals surface area (Å²) in [4.78, 5) is 36.6. The van der Waals surface area contributed by atoms with Crippen molar-refractivity contribution in [2.45, 2.75) is 25.3 Å². The van der Waals surface area contributed by atoms with Gasteiger partial charge in [0.1, 0.15) is 17.5 Å². The number of primary amides is 1. The molecule has 0 aromatic heterocycles. The fraction of sp³-hybridized carbons (Fsp3) is 0.471. The van der Waals surface area contributed by atoms with E-state index in [1.54, 1.807) is 31.4 Å². The predicted molar refractivity (Wildman–Crippen MR) is 88.0 cm³/mol. The van der Waals surface area contributed by atoms with E-state index < -0.39 is 30.4 Å². The van der Waals surface area contributed by atoms with Gasteiger partial charge in [-0.25, -0.2) is 4.79 Å². The van der Waals surface area contributed by atoms with Gasteiger partial charge in [0, 0.05) is 6.54 Å². The van der Waals surface area contributed by atoms with Crippen LogP contribution in [0.25, 0.3) is 0 Å². The highest BCUT2D eigenvalue weighted by atomic mass is 16.6. The first-order valence-corrected chi connectivity index (χ1v) is 8.02. The van der Waals surface area contributed by atoms with E-state index in [1.165, 1.54) is 4.90 Å². The third-order valence-corrected chi connectivity index (χ3v) is 3.92. The first kappa shape index (κ1) is 18.6. The molecule has 8 heteroatoms. The molecule has 1 aromatic rings. The molecule has 25 heavy (non-hydrogen) atoms. The minimum absolute atomic E-state index is 0.321. The number of benzene rings is 1. The summed E-state index contributed by atoms with van der Waals surface area (Å²) in [6.07, 6.45) is 2.17. The maximum atomic E-state index is 12.1. The maximum Gasteiger partial charge on any atom is 0.344 e. The van der Waals surface area contributed by atoms with Crippen molar-refractivity contribution in [3.63, 3.8) is 0 Å². The zero-order chi connectivity index (χ0) is 18.2. The van der Waals surface area contributed by atoms with Crippen molar-refractivity contribution < 1.29 is 28.6 Å². The number of carbonyl (C=O) groups excluding carboxylic acids is 3. The molecule has 1 aromatic carbocycles. The summed E-state index contributed by atoms with van der Waals surface area (Å²) in [6.45, 7) is -0.320. The highest BCUT2D eigenvalue weighted by Crippen LogP contribution is 2.18. The largest absolute Gasteiger partial charge is 0.497 e. The van der Waals surface area contributed by atoms with Gasteiger partial charge in [-0.3, -0.25) is 9.59 Å². The summed E-state index contributed by atoms with van der Waals surface area (Å²) >= 11 is 0. The van der Waals surface area contributed by atoms with E-state index in [0.717, 1.165) is 12.8 Å². The molecular formula is C17H22N2O6. The Morgan fingerprint density at radius 3 is 2.44 bits per heavy atom. The van der Waals surface area contributed by atoms with Crippen LogP contribution in [-0.2, 0) is 19.1 Å². The molecule has 2 N–H and O–H groups in total. The second-order valence-corrected chi connectivity index (χ2v) is 5.63. The molecule has 0 saturated carbocycles. The Labute approximate surface area is 145 Å². The van der Waals surface area contributed by atoms with Gasteiger partial charge >= 0.3 is 5.97 Å². The summed E-state index contributed by atoms with van der Waals surface area (Å²) in [5, 5.41) is 0. The van der Waals surface area contributed by atoms with Gasteiger partial charge in [-0.1, -0.05) is 0 Å². The number of esters is 1. The molecule has 1 saturated heterocycles. The molecule has 0 unspecified atom stereocenters. The van der Waals surface area contributed by atoms with Crippen molar-refractivity contribution in [2.24, 2.45) is 5.73 Å². The maximum absolute atomic E-state index is 12.1. The molecule has 1 aliphatic heterocycles. The molecule has 0 bridgehead atoms. The summed E-state index contributed by atoms with van der Waals surface area (Å²) in [7, 11) is 1.55. The number of hydrogen-bond acceptors (Lipinski definition) is 6. The highest BCUT2D eigenvalue weighted by Gasteiger charge is 2.30. The average Bonchev–Trinajstić information content (AvgIpc) is 2.64. The first-order valence-electron chi connectivity index (χ1n) is 8.02. The van der Waals surface area contributed by atoms with E-state index in [1.807, 2.05) is 0 Å². The number of amides is 2. The Balaban J connectivity index is 1.76. The number of methoxy groups -OCH3 is 1. The third-order valence-electron chi connectivity index (χ3n) is 3.92. The smallest absolute Gasteiger partial charge is 0.344 e. The molecule has 2 amide bonds. The van der Waals surface area contributed by atoms with Gasteiger partial charge in [0.15, 0.2) is 13.2 Å². The Hall–Kier alpha value is -2.77. The normalized spacial score (nSPS) is 16.8. The SMILES string of the molecule is COc1ccc(OCC(=O)OCC(=O)N2CCCC[C@H]2C(N)=O)cc1. The van der Waals surface area contributed by atoms with Crippen LogP contribution in [0.1, 0.15) is 19.3 Å². The lowest BCUT2D eigenvalue weighted by atomic mass is 10.0. The van der Waals surface area contributed by atoms with Crippen LogP contribution in [-0.4, -0.2) is 55.6 Å². The van der Waals surface area contributed by atoms with Crippen molar-refractivity contribution in [1.29, 1.82) is 0 Å². The lowest BCUT2D eigenvalue weighted by Crippen LogP contribution is -2.51. The van der Waals surface area contributed by atoms with Crippen molar-refractivity contribution in [1.82, 2.24) is 4.90 Å². The van der Waals surface area contributed by atoms with E-state index in [-0.39, 0.29) is 6.61 Å². The van der Waals surface area contributed by atoms with Crippen molar-refractivity contribution in [3.8, 4) is 11.5 Å². The molecule has 2 rings (SSSR count). The number of hydrogen-bond donors (Lipinski definition) is 1. The van der Waals surface area contributed by atoms with Gasteiger partial charge < -0.3 is 24.8 Å². The second kappa shape index (κ2) is 8.91. The summed E-state index contributed by atoms with van der Waals surface area (Å²) in [5.41, 5.74) is 5.31. The molecule has 1 fully saturated rings. The van der Waals surface area contributed by atoms with E-state index in [9.17, 15) is 14.4 Å². The lowest BCUT2D eigenvalue weighted by Gasteiger charge is -2.33. The van der Waals surface area contributed by atoms with Crippen LogP contribution in [0.15, 0.2) is 24.3 Å². The quantitative estimate of drug-likeness (QED) is 0.717. The van der Waals surface area contributed by atoms with E-state index in [4.69, 9.17) is 19.9 Å². The van der Waals surface area contributed by atoms with Gasteiger partial charge in [-0.05, 0) is 43.5 Å². The number of ether oxygens (including phenoxy) is 3. The fourth-order valence-electron chi connectivity index (χ4n) is 2.61. The molecule has 1 aliphatic rings. The molecular weight excluding hydrogens is 328 g/mol. The molecule has 0 radical (unpaired) electrons. The van der Waals surface area contributed by atoms with Crippen LogP contribution < -0.4 is 15.2 Å². The number of piperidine rings is 1. The van der Waals surface area contributed by atoms with Crippen LogP contribution in [0.2, 0.25) is 0 Å². The van der Waals surface area contributed by atoms with Crippen LogP contribution >= 0.6 is 0 Å². The molecule has 8 nitrogen and oxygen atoms in total. The van der Waals surface area contributed by atoms with Crippen LogP contribution in [0.4, 0.5) is 0 Å². The summed E-state index contributed by atoms with van der Waals surface area (Å²) in [6, 6.07) is 6.08. The Kier molecular flexibility index (Phi) is 6.62. The Bertz CT molecular complexity index is 616. The second-order valence-electron chi connectivity index (χ2n) is 5.63. The number of carbonyl (C=O) groups is 3. The van der Waals surface area contributed by atoms with E-state index >= 15 is 0 Å². The van der Waals surface area contributed by atoms with Gasteiger partial charge in [0.05, 0.1) is 7.11 Å². The molecule has 1 atom stereocenters. The number of nitrogens with zero attached hydrogens (tertiary/aromatic N) is 1. The predicted octanol–water partition coefficient (Wildman–Crippen LogP) is 0.484. The molecule has 136 valence electrons. The lowest BCUT2D eigenvalue weighted by molar-refractivity contribution is -0.156. The van der Waals surface area contributed by atoms with E-state index in [0.29, 0.717) is 24.5 Å². The number of likely N-dealkylation sites (tertiary alicyclic amines) is 1. The standard InChI is InChI=1S/C17H22N2O6/c1-23-12-5-7-13(8-6-12)24-11-16(21)25-10-15(20)19-9-3-2-4-14(19)17(18)22/h5-8,14H,2-4,9-11H2,1H3,(H2,18,22)/t14-/m0/s1.